The monoisotopic (exact) mass is 305 g/mol. The summed E-state index contributed by atoms with van der Waals surface area (Å²) in [5.74, 6) is -0.0124. The van der Waals surface area contributed by atoms with E-state index >= 15 is 0 Å². The van der Waals surface area contributed by atoms with Gasteiger partial charge in [-0.05, 0) is 49.2 Å². The van der Waals surface area contributed by atoms with E-state index in [2.05, 4.69) is 24.1 Å². The van der Waals surface area contributed by atoms with Crippen LogP contribution in [0.15, 0.2) is 24.3 Å². The Kier molecular flexibility index (Phi) is 4.54. The largest absolute Gasteiger partial charge is 0.399 e. The van der Waals surface area contributed by atoms with Crippen LogP contribution in [-0.4, -0.2) is 38.0 Å². The van der Waals surface area contributed by atoms with Gasteiger partial charge in [-0.1, -0.05) is 13.8 Å². The van der Waals surface area contributed by atoms with Gasteiger partial charge < -0.3 is 16.0 Å². The third-order valence-electron chi connectivity index (χ3n) is 3.24. The van der Waals surface area contributed by atoms with E-state index in [1.165, 1.54) is 11.3 Å². The van der Waals surface area contributed by atoms with Gasteiger partial charge in [-0.2, -0.15) is 0 Å². The molecule has 1 heterocycles. The molecule has 0 aliphatic carbocycles. The molecule has 0 atom stereocenters. The fraction of sp³-hybridized carbons (Fsp3) is 0.438. The number of nitrogen functional groups attached to an aromatic ring is 1. The van der Waals surface area contributed by atoms with Gasteiger partial charge in [-0.15, -0.1) is 11.3 Å². The first-order valence-electron chi connectivity index (χ1n) is 6.99. The van der Waals surface area contributed by atoms with Crippen molar-refractivity contribution in [2.24, 2.45) is 5.41 Å². The SMILES string of the molecule is CN(C)CC(C)(C)CNC(=O)c1cc2cc(N)ccc2s1. The number of carbonyl (C=O) groups is 1. The molecule has 1 aromatic carbocycles. The van der Waals surface area contributed by atoms with E-state index in [0.29, 0.717) is 6.54 Å². The summed E-state index contributed by atoms with van der Waals surface area (Å²) in [6.07, 6.45) is 0. The van der Waals surface area contributed by atoms with Crippen molar-refractivity contribution >= 4 is 33.0 Å². The number of nitrogens with zero attached hydrogens (tertiary/aromatic N) is 1. The summed E-state index contributed by atoms with van der Waals surface area (Å²) in [4.78, 5) is 15.2. The molecule has 0 aliphatic heterocycles. The van der Waals surface area contributed by atoms with Crippen LogP contribution < -0.4 is 11.1 Å². The molecule has 5 heteroatoms. The molecule has 3 N–H and O–H groups in total. The van der Waals surface area contributed by atoms with E-state index in [-0.39, 0.29) is 11.3 Å². The van der Waals surface area contributed by atoms with Crippen molar-refractivity contribution in [3.05, 3.63) is 29.1 Å². The summed E-state index contributed by atoms with van der Waals surface area (Å²) >= 11 is 1.50. The normalized spacial score (nSPS) is 12.0. The number of hydrogen-bond acceptors (Lipinski definition) is 4. The molecule has 0 aliphatic rings. The molecule has 0 radical (unpaired) electrons. The van der Waals surface area contributed by atoms with Crippen LogP contribution in [0, 0.1) is 5.41 Å². The van der Waals surface area contributed by atoms with E-state index in [1.54, 1.807) is 0 Å². The number of anilines is 1. The van der Waals surface area contributed by atoms with Crippen LogP contribution >= 0.6 is 11.3 Å². The first-order valence-corrected chi connectivity index (χ1v) is 7.80. The van der Waals surface area contributed by atoms with Crippen LogP contribution in [0.25, 0.3) is 10.1 Å². The van der Waals surface area contributed by atoms with Crippen LogP contribution in [0.3, 0.4) is 0 Å². The van der Waals surface area contributed by atoms with E-state index in [4.69, 9.17) is 5.73 Å². The summed E-state index contributed by atoms with van der Waals surface area (Å²) in [5.41, 5.74) is 6.53. The maximum atomic E-state index is 12.3. The van der Waals surface area contributed by atoms with Crippen LogP contribution in [0.5, 0.6) is 0 Å². The van der Waals surface area contributed by atoms with Gasteiger partial charge in [0.25, 0.3) is 5.91 Å². The Morgan fingerprint density at radius 1 is 1.33 bits per heavy atom. The zero-order valence-corrected chi connectivity index (χ0v) is 13.9. The van der Waals surface area contributed by atoms with E-state index in [9.17, 15) is 4.79 Å². The van der Waals surface area contributed by atoms with Crippen LogP contribution in [0.4, 0.5) is 5.69 Å². The van der Waals surface area contributed by atoms with Crippen molar-refractivity contribution in [1.82, 2.24) is 10.2 Å². The second-order valence-corrected chi connectivity index (χ2v) is 7.58. The highest BCUT2D eigenvalue weighted by Gasteiger charge is 2.20. The molecule has 1 amide bonds. The molecule has 0 saturated carbocycles. The van der Waals surface area contributed by atoms with E-state index in [0.717, 1.165) is 27.2 Å². The third kappa shape index (κ3) is 4.19. The van der Waals surface area contributed by atoms with Gasteiger partial charge in [0.1, 0.15) is 0 Å². The minimum atomic E-state index is -0.0124. The van der Waals surface area contributed by atoms with Gasteiger partial charge >= 0.3 is 0 Å². The number of rotatable bonds is 5. The lowest BCUT2D eigenvalue weighted by Gasteiger charge is -2.28. The number of hydrogen-bond donors (Lipinski definition) is 2. The standard InChI is InChI=1S/C16H23N3OS/c1-16(2,10-19(3)4)9-18-15(20)14-8-11-7-12(17)5-6-13(11)21-14/h5-8H,9-10,17H2,1-4H3,(H,18,20). The molecule has 114 valence electrons. The average Bonchev–Trinajstić information content (AvgIpc) is 2.77. The number of benzene rings is 1. The van der Waals surface area contributed by atoms with Crippen LogP contribution in [0.2, 0.25) is 0 Å². The van der Waals surface area contributed by atoms with Crippen molar-refractivity contribution in [2.75, 3.05) is 32.9 Å². The lowest BCUT2D eigenvalue weighted by atomic mass is 9.93. The Morgan fingerprint density at radius 3 is 2.71 bits per heavy atom. The Labute approximate surface area is 129 Å². The van der Waals surface area contributed by atoms with Crippen LogP contribution in [-0.2, 0) is 0 Å². The number of fused-ring (bicyclic) bond motifs is 1. The average molecular weight is 305 g/mol. The first-order chi connectivity index (χ1) is 9.77. The lowest BCUT2D eigenvalue weighted by molar-refractivity contribution is 0.0933. The van der Waals surface area contributed by atoms with Crippen molar-refractivity contribution < 1.29 is 4.79 Å². The summed E-state index contributed by atoms with van der Waals surface area (Å²) in [6, 6.07) is 7.63. The fourth-order valence-electron chi connectivity index (χ4n) is 2.49. The third-order valence-corrected chi connectivity index (χ3v) is 4.35. The molecule has 4 nitrogen and oxygen atoms in total. The quantitative estimate of drug-likeness (QED) is 0.835. The topological polar surface area (TPSA) is 58.4 Å². The number of nitrogens with two attached hydrogens (primary N) is 1. The Balaban J connectivity index is 2.05. The molecule has 0 spiro atoms. The summed E-state index contributed by atoms with van der Waals surface area (Å²) < 4.78 is 1.09. The predicted octanol–water partition coefficient (Wildman–Crippen LogP) is 2.80. The Morgan fingerprint density at radius 2 is 2.05 bits per heavy atom. The van der Waals surface area contributed by atoms with Gasteiger partial charge in [-0.25, -0.2) is 0 Å². The molecule has 21 heavy (non-hydrogen) atoms. The highest BCUT2D eigenvalue weighted by atomic mass is 32.1. The molecule has 0 fully saturated rings. The fourth-order valence-corrected chi connectivity index (χ4v) is 3.45. The second-order valence-electron chi connectivity index (χ2n) is 6.49. The summed E-state index contributed by atoms with van der Waals surface area (Å²) in [6.45, 7) is 5.88. The van der Waals surface area contributed by atoms with E-state index in [1.807, 2.05) is 38.4 Å². The Hall–Kier alpha value is -1.59. The van der Waals surface area contributed by atoms with E-state index < -0.39 is 0 Å². The maximum Gasteiger partial charge on any atom is 0.261 e. The molecule has 1 aromatic heterocycles. The molecule has 2 aromatic rings. The number of amides is 1. The first kappa shape index (κ1) is 15.8. The zero-order valence-electron chi connectivity index (χ0n) is 13.1. The number of thiophene rings is 1. The summed E-state index contributed by atoms with van der Waals surface area (Å²) in [7, 11) is 4.08. The van der Waals surface area contributed by atoms with Gasteiger partial charge in [0, 0.05) is 23.5 Å². The number of nitrogens with one attached hydrogen (secondary N) is 1. The second kappa shape index (κ2) is 6.03. The molecule has 0 bridgehead atoms. The summed E-state index contributed by atoms with van der Waals surface area (Å²) in [5, 5.41) is 4.06. The van der Waals surface area contributed by atoms with Crippen molar-refractivity contribution in [3.63, 3.8) is 0 Å². The molecular formula is C16H23N3OS. The van der Waals surface area contributed by atoms with Crippen LogP contribution in [0.1, 0.15) is 23.5 Å². The number of carbonyl (C=O) groups excluding carboxylic acids is 1. The predicted molar refractivity (Wildman–Crippen MR) is 90.9 cm³/mol. The van der Waals surface area contributed by atoms with Crippen molar-refractivity contribution in [2.45, 2.75) is 13.8 Å². The Bertz CT molecular complexity index is 646. The molecular weight excluding hydrogens is 282 g/mol. The molecule has 0 saturated heterocycles. The molecule has 2 rings (SSSR count). The highest BCUT2D eigenvalue weighted by Crippen LogP contribution is 2.27. The zero-order chi connectivity index (χ0) is 15.6. The highest BCUT2D eigenvalue weighted by molar-refractivity contribution is 7.20. The molecule has 0 unspecified atom stereocenters. The van der Waals surface area contributed by atoms with Crippen molar-refractivity contribution in [1.29, 1.82) is 0 Å². The lowest BCUT2D eigenvalue weighted by Crippen LogP contribution is -2.39. The van der Waals surface area contributed by atoms with Gasteiger partial charge in [0.2, 0.25) is 0 Å². The van der Waals surface area contributed by atoms with Crippen molar-refractivity contribution in [3.8, 4) is 0 Å². The minimum absolute atomic E-state index is 0.0124. The van der Waals surface area contributed by atoms with Gasteiger partial charge in [-0.3, -0.25) is 4.79 Å². The minimum Gasteiger partial charge on any atom is -0.399 e. The maximum absolute atomic E-state index is 12.3. The smallest absolute Gasteiger partial charge is 0.261 e. The van der Waals surface area contributed by atoms with Gasteiger partial charge in [0.15, 0.2) is 0 Å². The van der Waals surface area contributed by atoms with Gasteiger partial charge in [0.05, 0.1) is 4.88 Å².